The predicted octanol–water partition coefficient (Wildman–Crippen LogP) is 1.50. The molecule has 1 rings (SSSR count). The number of carbonyl (C=O) groups is 1. The SMILES string of the molecule is CCCOC(=O)CCC(O)c1cn(C)nc1C. The summed E-state index contributed by atoms with van der Waals surface area (Å²) in [6, 6.07) is 0. The number of esters is 1. The molecule has 0 aliphatic heterocycles. The lowest BCUT2D eigenvalue weighted by atomic mass is 10.1. The van der Waals surface area contributed by atoms with Crippen LogP contribution in [0.2, 0.25) is 0 Å². The van der Waals surface area contributed by atoms with Gasteiger partial charge in [-0.2, -0.15) is 5.10 Å². The quantitative estimate of drug-likeness (QED) is 0.765. The third-order valence-electron chi connectivity index (χ3n) is 2.50. The van der Waals surface area contributed by atoms with Crippen LogP contribution in [0.15, 0.2) is 6.20 Å². The fraction of sp³-hybridized carbons (Fsp3) is 0.667. The molecule has 1 N–H and O–H groups in total. The molecule has 0 aliphatic rings. The van der Waals surface area contributed by atoms with E-state index in [1.165, 1.54) is 0 Å². The Hall–Kier alpha value is -1.36. The number of aryl methyl sites for hydroxylation is 2. The largest absolute Gasteiger partial charge is 0.466 e. The molecule has 0 amide bonds. The molecule has 1 atom stereocenters. The Morgan fingerprint density at radius 1 is 1.65 bits per heavy atom. The fourth-order valence-corrected chi connectivity index (χ4v) is 1.64. The van der Waals surface area contributed by atoms with Gasteiger partial charge in [-0.15, -0.1) is 0 Å². The smallest absolute Gasteiger partial charge is 0.305 e. The van der Waals surface area contributed by atoms with E-state index < -0.39 is 6.10 Å². The van der Waals surface area contributed by atoms with Crippen LogP contribution in [0.5, 0.6) is 0 Å². The summed E-state index contributed by atoms with van der Waals surface area (Å²) in [5, 5.41) is 14.1. The van der Waals surface area contributed by atoms with Crippen molar-refractivity contribution < 1.29 is 14.6 Å². The summed E-state index contributed by atoms with van der Waals surface area (Å²) >= 11 is 0. The normalized spacial score (nSPS) is 12.5. The van der Waals surface area contributed by atoms with Crippen LogP contribution in [0, 0.1) is 6.92 Å². The Morgan fingerprint density at radius 2 is 2.35 bits per heavy atom. The molecule has 96 valence electrons. The number of rotatable bonds is 6. The maximum absolute atomic E-state index is 11.3. The van der Waals surface area contributed by atoms with Gasteiger partial charge in [0.05, 0.1) is 18.4 Å². The van der Waals surface area contributed by atoms with Gasteiger partial charge in [-0.1, -0.05) is 6.92 Å². The first kappa shape index (κ1) is 13.7. The first-order chi connectivity index (χ1) is 8.04. The van der Waals surface area contributed by atoms with Gasteiger partial charge in [0, 0.05) is 25.2 Å². The zero-order chi connectivity index (χ0) is 12.8. The van der Waals surface area contributed by atoms with E-state index in [9.17, 15) is 9.90 Å². The lowest BCUT2D eigenvalue weighted by molar-refractivity contribution is -0.144. The summed E-state index contributed by atoms with van der Waals surface area (Å²) in [6.45, 7) is 4.23. The molecule has 1 heterocycles. The Morgan fingerprint density at radius 3 is 2.88 bits per heavy atom. The van der Waals surface area contributed by atoms with Gasteiger partial charge in [0.15, 0.2) is 0 Å². The van der Waals surface area contributed by atoms with Gasteiger partial charge < -0.3 is 9.84 Å². The molecule has 0 saturated heterocycles. The molecule has 0 aromatic carbocycles. The molecule has 0 bridgehead atoms. The minimum atomic E-state index is -0.655. The summed E-state index contributed by atoms with van der Waals surface area (Å²) in [4.78, 5) is 11.3. The molecule has 1 aromatic heterocycles. The Balaban J connectivity index is 2.42. The maximum atomic E-state index is 11.3. The van der Waals surface area contributed by atoms with Crippen LogP contribution in [0.4, 0.5) is 0 Å². The zero-order valence-electron chi connectivity index (χ0n) is 10.6. The van der Waals surface area contributed by atoms with Gasteiger partial charge in [0.1, 0.15) is 0 Å². The second-order valence-corrected chi connectivity index (χ2v) is 4.12. The number of nitrogens with zero attached hydrogens (tertiary/aromatic N) is 2. The Labute approximate surface area is 101 Å². The highest BCUT2D eigenvalue weighted by atomic mass is 16.5. The van der Waals surface area contributed by atoms with Crippen molar-refractivity contribution in [2.75, 3.05) is 6.61 Å². The monoisotopic (exact) mass is 240 g/mol. The van der Waals surface area contributed by atoms with Crippen molar-refractivity contribution >= 4 is 5.97 Å². The summed E-state index contributed by atoms with van der Waals surface area (Å²) < 4.78 is 6.60. The van der Waals surface area contributed by atoms with Crippen molar-refractivity contribution in [2.24, 2.45) is 7.05 Å². The van der Waals surface area contributed by atoms with Crippen molar-refractivity contribution in [1.82, 2.24) is 9.78 Å². The first-order valence-corrected chi connectivity index (χ1v) is 5.88. The molecule has 17 heavy (non-hydrogen) atoms. The van der Waals surface area contributed by atoms with Gasteiger partial charge in [0.2, 0.25) is 0 Å². The van der Waals surface area contributed by atoms with E-state index in [1.54, 1.807) is 17.9 Å². The molecule has 5 nitrogen and oxygen atoms in total. The van der Waals surface area contributed by atoms with Crippen molar-refractivity contribution in [3.63, 3.8) is 0 Å². The average Bonchev–Trinajstić information content (AvgIpc) is 2.62. The maximum Gasteiger partial charge on any atom is 0.305 e. The third kappa shape index (κ3) is 4.19. The van der Waals surface area contributed by atoms with Gasteiger partial charge in [-0.25, -0.2) is 0 Å². The molecule has 0 spiro atoms. The van der Waals surface area contributed by atoms with E-state index in [-0.39, 0.29) is 12.4 Å². The topological polar surface area (TPSA) is 64.3 Å². The van der Waals surface area contributed by atoms with Crippen molar-refractivity contribution in [3.05, 3.63) is 17.5 Å². The number of aliphatic hydroxyl groups excluding tert-OH is 1. The highest BCUT2D eigenvalue weighted by Gasteiger charge is 2.15. The summed E-state index contributed by atoms with van der Waals surface area (Å²) in [6.07, 6.45) is 2.54. The fourth-order valence-electron chi connectivity index (χ4n) is 1.64. The number of hydrogen-bond acceptors (Lipinski definition) is 4. The van der Waals surface area contributed by atoms with E-state index in [2.05, 4.69) is 5.10 Å². The highest BCUT2D eigenvalue weighted by Crippen LogP contribution is 2.20. The van der Waals surface area contributed by atoms with E-state index in [0.29, 0.717) is 13.0 Å². The van der Waals surface area contributed by atoms with Crippen molar-refractivity contribution in [3.8, 4) is 0 Å². The van der Waals surface area contributed by atoms with Gasteiger partial charge in [-0.3, -0.25) is 9.48 Å². The third-order valence-corrected chi connectivity index (χ3v) is 2.50. The van der Waals surface area contributed by atoms with Crippen LogP contribution in [-0.4, -0.2) is 27.5 Å². The number of aliphatic hydroxyl groups is 1. The van der Waals surface area contributed by atoms with Crippen LogP contribution >= 0.6 is 0 Å². The molecule has 0 saturated carbocycles. The number of aromatic nitrogens is 2. The van der Waals surface area contributed by atoms with E-state index in [1.807, 2.05) is 13.8 Å². The molecular weight excluding hydrogens is 220 g/mol. The second-order valence-electron chi connectivity index (χ2n) is 4.12. The first-order valence-electron chi connectivity index (χ1n) is 5.88. The Kier molecular flexibility index (Phi) is 5.15. The zero-order valence-corrected chi connectivity index (χ0v) is 10.6. The van der Waals surface area contributed by atoms with Gasteiger partial charge in [-0.05, 0) is 19.8 Å². The van der Waals surface area contributed by atoms with Crippen LogP contribution in [-0.2, 0) is 16.6 Å². The molecule has 0 aliphatic carbocycles. The molecule has 0 radical (unpaired) electrons. The van der Waals surface area contributed by atoms with E-state index in [0.717, 1.165) is 17.7 Å². The molecule has 0 fully saturated rings. The molecule has 1 aromatic rings. The second kappa shape index (κ2) is 6.39. The predicted molar refractivity (Wildman–Crippen MR) is 63.4 cm³/mol. The lowest BCUT2D eigenvalue weighted by Crippen LogP contribution is -2.08. The van der Waals surface area contributed by atoms with E-state index >= 15 is 0 Å². The summed E-state index contributed by atoms with van der Waals surface area (Å²) in [7, 11) is 1.80. The van der Waals surface area contributed by atoms with Crippen LogP contribution < -0.4 is 0 Å². The standard InChI is InChI=1S/C12H20N2O3/c1-4-7-17-12(16)6-5-11(15)10-8-14(3)13-9(10)2/h8,11,15H,4-7H2,1-3H3. The Bertz CT molecular complexity index is 374. The number of carbonyl (C=O) groups excluding carboxylic acids is 1. The van der Waals surface area contributed by atoms with Crippen LogP contribution in [0.25, 0.3) is 0 Å². The number of hydrogen-bond donors (Lipinski definition) is 1. The van der Waals surface area contributed by atoms with Crippen molar-refractivity contribution in [2.45, 2.75) is 39.2 Å². The summed E-state index contributed by atoms with van der Waals surface area (Å²) in [5.74, 6) is -0.257. The van der Waals surface area contributed by atoms with Crippen LogP contribution in [0.1, 0.15) is 43.5 Å². The molecular formula is C12H20N2O3. The molecule has 5 heteroatoms. The average molecular weight is 240 g/mol. The summed E-state index contributed by atoms with van der Waals surface area (Å²) in [5.41, 5.74) is 1.57. The van der Waals surface area contributed by atoms with Crippen LogP contribution in [0.3, 0.4) is 0 Å². The highest BCUT2D eigenvalue weighted by molar-refractivity contribution is 5.69. The minimum Gasteiger partial charge on any atom is -0.466 e. The lowest BCUT2D eigenvalue weighted by Gasteiger charge is -2.09. The number of ether oxygens (including phenoxy) is 1. The van der Waals surface area contributed by atoms with Gasteiger partial charge >= 0.3 is 5.97 Å². The molecule has 1 unspecified atom stereocenters. The van der Waals surface area contributed by atoms with Crippen molar-refractivity contribution in [1.29, 1.82) is 0 Å². The van der Waals surface area contributed by atoms with Gasteiger partial charge in [0.25, 0.3) is 0 Å². The van der Waals surface area contributed by atoms with E-state index in [4.69, 9.17) is 4.74 Å². The minimum absolute atomic E-state index is 0.232.